The second-order valence-corrected chi connectivity index (χ2v) is 3.76. The molecule has 1 aliphatic rings. The fourth-order valence-corrected chi connectivity index (χ4v) is 2.05. The first-order chi connectivity index (χ1) is 5.15. The fraction of sp³-hybridized carbons (Fsp3) is 0.700. The molecule has 0 aromatic carbocycles. The summed E-state index contributed by atoms with van der Waals surface area (Å²) in [6.45, 7) is 6.43. The maximum atomic E-state index is 10.6. The quantitative estimate of drug-likeness (QED) is 0.416. The largest absolute Gasteiger partial charge is 0.303 e. The van der Waals surface area contributed by atoms with Crippen LogP contribution in [-0.4, -0.2) is 6.29 Å². The molecule has 0 amide bonds. The Morgan fingerprint density at radius 3 is 2.64 bits per heavy atom. The van der Waals surface area contributed by atoms with E-state index >= 15 is 0 Å². The minimum Gasteiger partial charge on any atom is -0.303 e. The topological polar surface area (TPSA) is 17.1 Å². The summed E-state index contributed by atoms with van der Waals surface area (Å²) in [7, 11) is 0. The summed E-state index contributed by atoms with van der Waals surface area (Å²) in [5.41, 5.74) is 1.26. The third-order valence-electron chi connectivity index (χ3n) is 2.58. The van der Waals surface area contributed by atoms with E-state index in [1.54, 1.807) is 0 Å². The number of allylic oxidation sites excluding steroid dienone is 2. The second-order valence-electron chi connectivity index (χ2n) is 3.76. The zero-order chi connectivity index (χ0) is 8.43. The van der Waals surface area contributed by atoms with E-state index in [1.807, 2.05) is 0 Å². The van der Waals surface area contributed by atoms with Crippen LogP contribution in [0.4, 0.5) is 0 Å². The van der Waals surface area contributed by atoms with Crippen molar-refractivity contribution in [2.75, 3.05) is 0 Å². The first-order valence-electron chi connectivity index (χ1n) is 4.28. The molecule has 62 valence electrons. The molecule has 0 bridgehead atoms. The van der Waals surface area contributed by atoms with Crippen LogP contribution in [0.3, 0.4) is 0 Å². The van der Waals surface area contributed by atoms with Crippen molar-refractivity contribution >= 4 is 6.29 Å². The zero-order valence-electron chi connectivity index (χ0n) is 7.50. The number of hydrogen-bond acceptors (Lipinski definition) is 1. The van der Waals surface area contributed by atoms with Crippen molar-refractivity contribution in [3.63, 3.8) is 0 Å². The Bertz CT molecular complexity index is 181. The van der Waals surface area contributed by atoms with Crippen LogP contribution < -0.4 is 0 Å². The monoisotopic (exact) mass is 152 g/mol. The Hall–Kier alpha value is -0.590. The van der Waals surface area contributed by atoms with Gasteiger partial charge in [0.2, 0.25) is 0 Å². The van der Waals surface area contributed by atoms with Gasteiger partial charge in [0.15, 0.2) is 0 Å². The summed E-state index contributed by atoms with van der Waals surface area (Å²) in [5.74, 6) is 1.37. The summed E-state index contributed by atoms with van der Waals surface area (Å²) in [6, 6.07) is 0. The lowest BCUT2D eigenvalue weighted by atomic mass is 9.77. The molecule has 0 spiro atoms. The van der Waals surface area contributed by atoms with Crippen molar-refractivity contribution in [3.8, 4) is 0 Å². The summed E-state index contributed by atoms with van der Waals surface area (Å²) in [6.07, 6.45) is 4.46. The highest BCUT2D eigenvalue weighted by Crippen LogP contribution is 2.31. The second kappa shape index (κ2) is 3.21. The van der Waals surface area contributed by atoms with Gasteiger partial charge in [-0.15, -0.1) is 0 Å². The van der Waals surface area contributed by atoms with Gasteiger partial charge >= 0.3 is 0 Å². The number of carbonyl (C=O) groups is 1. The third-order valence-corrected chi connectivity index (χ3v) is 2.58. The third kappa shape index (κ3) is 1.70. The van der Waals surface area contributed by atoms with Crippen molar-refractivity contribution in [3.05, 3.63) is 11.6 Å². The normalized spacial score (nSPS) is 38.1. The number of carbonyl (C=O) groups excluding carboxylic acids is 1. The first-order valence-corrected chi connectivity index (χ1v) is 4.28. The smallest absolute Gasteiger partial charge is 0.127 e. The minimum absolute atomic E-state index is 0.186. The summed E-state index contributed by atoms with van der Waals surface area (Å²) in [5, 5.41) is 0. The van der Waals surface area contributed by atoms with Crippen LogP contribution in [0.15, 0.2) is 11.6 Å². The fourth-order valence-electron chi connectivity index (χ4n) is 2.05. The zero-order valence-corrected chi connectivity index (χ0v) is 7.50. The first kappa shape index (κ1) is 8.51. The highest BCUT2D eigenvalue weighted by atomic mass is 16.1. The molecule has 0 aliphatic heterocycles. The average molecular weight is 152 g/mol. The highest BCUT2D eigenvalue weighted by Gasteiger charge is 2.24. The molecular formula is C10H16O. The van der Waals surface area contributed by atoms with Crippen LogP contribution in [0, 0.1) is 17.8 Å². The van der Waals surface area contributed by atoms with Crippen molar-refractivity contribution in [2.24, 2.45) is 17.8 Å². The van der Waals surface area contributed by atoms with E-state index in [0.29, 0.717) is 11.8 Å². The van der Waals surface area contributed by atoms with E-state index in [0.717, 1.165) is 12.7 Å². The van der Waals surface area contributed by atoms with E-state index < -0.39 is 0 Å². The maximum Gasteiger partial charge on any atom is 0.127 e. The van der Waals surface area contributed by atoms with Crippen LogP contribution in [0.5, 0.6) is 0 Å². The number of aldehydes is 1. The predicted molar refractivity (Wildman–Crippen MR) is 46.3 cm³/mol. The van der Waals surface area contributed by atoms with Gasteiger partial charge in [-0.3, -0.25) is 0 Å². The van der Waals surface area contributed by atoms with Gasteiger partial charge in [0, 0.05) is 5.92 Å². The molecule has 3 unspecified atom stereocenters. The molecule has 0 aromatic rings. The number of rotatable bonds is 1. The molecule has 11 heavy (non-hydrogen) atoms. The molecule has 0 radical (unpaired) electrons. The lowest BCUT2D eigenvalue weighted by molar-refractivity contribution is -0.111. The van der Waals surface area contributed by atoms with Gasteiger partial charge in [-0.1, -0.05) is 25.5 Å². The molecule has 0 fully saturated rings. The van der Waals surface area contributed by atoms with Gasteiger partial charge in [-0.25, -0.2) is 0 Å². The van der Waals surface area contributed by atoms with Crippen LogP contribution in [0.2, 0.25) is 0 Å². The molecule has 1 nitrogen and oxygen atoms in total. The highest BCUT2D eigenvalue weighted by molar-refractivity contribution is 5.59. The summed E-state index contributed by atoms with van der Waals surface area (Å²) < 4.78 is 0. The Kier molecular flexibility index (Phi) is 2.48. The lowest BCUT2D eigenvalue weighted by Crippen LogP contribution is -2.21. The van der Waals surface area contributed by atoms with Gasteiger partial charge in [0.25, 0.3) is 0 Å². The van der Waals surface area contributed by atoms with Crippen LogP contribution >= 0.6 is 0 Å². The van der Waals surface area contributed by atoms with Crippen molar-refractivity contribution in [2.45, 2.75) is 27.2 Å². The van der Waals surface area contributed by atoms with Gasteiger partial charge < -0.3 is 4.79 Å². The summed E-state index contributed by atoms with van der Waals surface area (Å²) in [4.78, 5) is 10.6. The van der Waals surface area contributed by atoms with Crippen LogP contribution in [0.25, 0.3) is 0 Å². The molecule has 1 rings (SSSR count). The molecule has 3 atom stereocenters. The standard InChI is InChI=1S/C10H16O/c1-7-4-8(2)10(6-11)9(3)5-7/h4,6-7,9-10H,5H2,1-3H3. The van der Waals surface area contributed by atoms with E-state index in [-0.39, 0.29) is 5.92 Å². The predicted octanol–water partition coefficient (Wildman–Crippen LogP) is 2.42. The Balaban J connectivity index is 2.79. The Morgan fingerprint density at radius 2 is 2.18 bits per heavy atom. The molecule has 1 heteroatoms. The molecule has 0 N–H and O–H groups in total. The van der Waals surface area contributed by atoms with Crippen molar-refractivity contribution in [1.29, 1.82) is 0 Å². The average Bonchev–Trinajstić information content (AvgIpc) is 1.85. The van der Waals surface area contributed by atoms with Gasteiger partial charge in [0.05, 0.1) is 0 Å². The molecule has 0 saturated carbocycles. The van der Waals surface area contributed by atoms with Gasteiger partial charge in [-0.2, -0.15) is 0 Å². The van der Waals surface area contributed by atoms with Crippen LogP contribution in [0.1, 0.15) is 27.2 Å². The minimum atomic E-state index is 0.186. The molecule has 0 heterocycles. The Morgan fingerprint density at radius 1 is 1.55 bits per heavy atom. The molecular weight excluding hydrogens is 136 g/mol. The van der Waals surface area contributed by atoms with E-state index in [1.165, 1.54) is 5.57 Å². The molecule has 0 saturated heterocycles. The van der Waals surface area contributed by atoms with Gasteiger partial charge in [0.1, 0.15) is 6.29 Å². The van der Waals surface area contributed by atoms with E-state index in [2.05, 4.69) is 26.8 Å². The van der Waals surface area contributed by atoms with E-state index in [9.17, 15) is 4.79 Å². The lowest BCUT2D eigenvalue weighted by Gasteiger charge is -2.27. The molecule has 0 aromatic heterocycles. The SMILES string of the molecule is CC1=CC(C)CC(C)C1C=O. The van der Waals surface area contributed by atoms with Crippen molar-refractivity contribution < 1.29 is 4.79 Å². The number of hydrogen-bond donors (Lipinski definition) is 0. The van der Waals surface area contributed by atoms with Crippen molar-refractivity contribution in [1.82, 2.24) is 0 Å². The summed E-state index contributed by atoms with van der Waals surface area (Å²) >= 11 is 0. The van der Waals surface area contributed by atoms with Gasteiger partial charge in [-0.05, 0) is 25.2 Å². The maximum absolute atomic E-state index is 10.6. The van der Waals surface area contributed by atoms with Crippen LogP contribution in [-0.2, 0) is 4.79 Å². The van der Waals surface area contributed by atoms with E-state index in [4.69, 9.17) is 0 Å². The Labute approximate surface area is 68.5 Å². The molecule has 1 aliphatic carbocycles.